The molecule has 0 radical (unpaired) electrons. The summed E-state index contributed by atoms with van der Waals surface area (Å²) in [6.07, 6.45) is 0.567. The molecule has 0 saturated heterocycles. The van der Waals surface area contributed by atoms with Gasteiger partial charge in [-0.1, -0.05) is 11.6 Å². The van der Waals surface area contributed by atoms with Crippen molar-refractivity contribution in [2.75, 3.05) is 27.2 Å². The van der Waals surface area contributed by atoms with E-state index >= 15 is 0 Å². The van der Waals surface area contributed by atoms with Gasteiger partial charge in [0.05, 0.1) is 12.5 Å². The van der Waals surface area contributed by atoms with Gasteiger partial charge >= 0.3 is 0 Å². The number of carbonyl (C=O) groups excluding carboxylic acids is 2. The molecule has 5 nitrogen and oxygen atoms in total. The van der Waals surface area contributed by atoms with Gasteiger partial charge in [0.2, 0.25) is 11.8 Å². The minimum atomic E-state index is -0.295. The van der Waals surface area contributed by atoms with Gasteiger partial charge in [-0.25, -0.2) is 0 Å². The molecule has 6 heteroatoms. The molecular formula is C14H17ClN2O3. The van der Waals surface area contributed by atoms with Gasteiger partial charge < -0.3 is 15.0 Å². The molecule has 1 atom stereocenters. The first-order chi connectivity index (χ1) is 9.47. The average Bonchev–Trinajstić information content (AvgIpc) is 2.43. The number of benzene rings is 1. The Hall–Kier alpha value is -1.75. The Balaban J connectivity index is 1.95. The summed E-state index contributed by atoms with van der Waals surface area (Å²) in [5, 5.41) is 3.26. The summed E-state index contributed by atoms with van der Waals surface area (Å²) < 4.78 is 5.55. The van der Waals surface area contributed by atoms with E-state index in [4.69, 9.17) is 16.3 Å². The summed E-state index contributed by atoms with van der Waals surface area (Å²) in [6, 6.07) is 5.37. The molecule has 0 fully saturated rings. The van der Waals surface area contributed by atoms with Crippen LogP contribution in [0.1, 0.15) is 5.56 Å². The Bertz CT molecular complexity index is 531. The minimum absolute atomic E-state index is 0.00470. The minimum Gasteiger partial charge on any atom is -0.492 e. The standard InChI is InChI=1S/C14H17ClN2O3/c1-17(2)13(18)7-16-14(19)10-5-9-6-11(15)3-4-12(9)20-8-10/h3-4,6,10H,5,7-8H2,1-2H3,(H,16,19)/t10-/m0/s1. The fourth-order valence-electron chi connectivity index (χ4n) is 2.00. The van der Waals surface area contributed by atoms with Crippen LogP contribution in [0, 0.1) is 5.92 Å². The number of hydrogen-bond donors (Lipinski definition) is 1. The van der Waals surface area contributed by atoms with Crippen LogP contribution in [0.4, 0.5) is 0 Å². The second kappa shape index (κ2) is 6.13. The SMILES string of the molecule is CN(C)C(=O)CNC(=O)[C@@H]1COc2ccc(Cl)cc2C1. The Morgan fingerprint density at radius 1 is 1.45 bits per heavy atom. The van der Waals surface area contributed by atoms with Gasteiger partial charge in [-0.2, -0.15) is 0 Å². The molecule has 0 unspecified atom stereocenters. The van der Waals surface area contributed by atoms with E-state index in [0.717, 1.165) is 11.3 Å². The summed E-state index contributed by atoms with van der Waals surface area (Å²) in [5.74, 6) is 0.156. The van der Waals surface area contributed by atoms with Crippen molar-refractivity contribution < 1.29 is 14.3 Å². The zero-order valence-corrected chi connectivity index (χ0v) is 12.2. The van der Waals surface area contributed by atoms with E-state index in [9.17, 15) is 9.59 Å². The fourth-order valence-corrected chi connectivity index (χ4v) is 2.19. The number of carbonyl (C=O) groups is 2. The van der Waals surface area contributed by atoms with Crippen molar-refractivity contribution in [3.63, 3.8) is 0 Å². The van der Waals surface area contributed by atoms with Crippen LogP contribution in [0.5, 0.6) is 5.75 Å². The van der Waals surface area contributed by atoms with Crippen LogP contribution in [-0.4, -0.2) is 44.0 Å². The van der Waals surface area contributed by atoms with Crippen LogP contribution in [-0.2, 0) is 16.0 Å². The van der Waals surface area contributed by atoms with Crippen molar-refractivity contribution in [1.82, 2.24) is 10.2 Å². The average molecular weight is 297 g/mol. The van der Waals surface area contributed by atoms with Crippen LogP contribution in [0.2, 0.25) is 5.02 Å². The monoisotopic (exact) mass is 296 g/mol. The van der Waals surface area contributed by atoms with Crippen LogP contribution < -0.4 is 10.1 Å². The number of rotatable bonds is 3. The topological polar surface area (TPSA) is 58.6 Å². The molecule has 1 aromatic rings. The van der Waals surface area contributed by atoms with Gasteiger partial charge in [0.1, 0.15) is 12.4 Å². The maximum atomic E-state index is 12.0. The lowest BCUT2D eigenvalue weighted by molar-refractivity contribution is -0.132. The van der Waals surface area contributed by atoms with Crippen LogP contribution in [0.25, 0.3) is 0 Å². The number of hydrogen-bond acceptors (Lipinski definition) is 3. The Kier molecular flexibility index (Phi) is 4.49. The maximum Gasteiger partial charge on any atom is 0.241 e. The first-order valence-electron chi connectivity index (χ1n) is 6.36. The lowest BCUT2D eigenvalue weighted by Gasteiger charge is -2.24. The maximum absolute atomic E-state index is 12.0. The lowest BCUT2D eigenvalue weighted by Crippen LogP contribution is -2.42. The number of likely N-dealkylation sites (N-methyl/N-ethyl adjacent to an activating group) is 1. The molecule has 1 heterocycles. The van der Waals surface area contributed by atoms with Gasteiger partial charge in [0.15, 0.2) is 0 Å². The predicted octanol–water partition coefficient (Wildman–Crippen LogP) is 1.10. The largest absolute Gasteiger partial charge is 0.492 e. The third-order valence-corrected chi connectivity index (χ3v) is 3.45. The van der Waals surface area contributed by atoms with Crippen molar-refractivity contribution in [3.8, 4) is 5.75 Å². The van der Waals surface area contributed by atoms with Crippen molar-refractivity contribution in [2.24, 2.45) is 5.92 Å². The summed E-state index contributed by atoms with van der Waals surface area (Å²) in [7, 11) is 3.30. The van der Waals surface area contributed by atoms with Crippen LogP contribution in [0.3, 0.4) is 0 Å². The molecule has 0 aliphatic carbocycles. The van der Waals surface area contributed by atoms with E-state index in [1.54, 1.807) is 32.3 Å². The van der Waals surface area contributed by atoms with Gasteiger partial charge in [-0.05, 0) is 30.2 Å². The highest BCUT2D eigenvalue weighted by molar-refractivity contribution is 6.30. The number of halogens is 1. The van der Waals surface area contributed by atoms with Gasteiger partial charge in [-0.15, -0.1) is 0 Å². The van der Waals surface area contributed by atoms with Gasteiger partial charge in [0.25, 0.3) is 0 Å². The number of amides is 2. The first kappa shape index (κ1) is 14.7. The molecule has 1 aromatic carbocycles. The Morgan fingerprint density at radius 2 is 2.20 bits per heavy atom. The molecule has 2 amide bonds. The molecule has 20 heavy (non-hydrogen) atoms. The third-order valence-electron chi connectivity index (χ3n) is 3.21. The van der Waals surface area contributed by atoms with Crippen molar-refractivity contribution in [2.45, 2.75) is 6.42 Å². The third kappa shape index (κ3) is 3.42. The highest BCUT2D eigenvalue weighted by atomic mass is 35.5. The molecule has 0 aromatic heterocycles. The smallest absolute Gasteiger partial charge is 0.241 e. The first-order valence-corrected chi connectivity index (χ1v) is 6.74. The summed E-state index contributed by atoms with van der Waals surface area (Å²) in [6.45, 7) is 0.321. The Morgan fingerprint density at radius 3 is 2.90 bits per heavy atom. The molecule has 0 spiro atoms. The number of nitrogens with zero attached hydrogens (tertiary/aromatic N) is 1. The second-order valence-corrected chi connectivity index (χ2v) is 5.41. The lowest BCUT2D eigenvalue weighted by atomic mass is 9.96. The van der Waals surface area contributed by atoms with Crippen LogP contribution in [0.15, 0.2) is 18.2 Å². The van der Waals surface area contributed by atoms with E-state index in [-0.39, 0.29) is 24.3 Å². The normalized spacial score (nSPS) is 16.9. The zero-order chi connectivity index (χ0) is 14.7. The highest BCUT2D eigenvalue weighted by Crippen LogP contribution is 2.29. The van der Waals surface area contributed by atoms with E-state index in [1.807, 2.05) is 0 Å². The van der Waals surface area contributed by atoms with E-state index in [1.165, 1.54) is 4.90 Å². The van der Waals surface area contributed by atoms with Gasteiger partial charge in [-0.3, -0.25) is 9.59 Å². The van der Waals surface area contributed by atoms with Crippen molar-refractivity contribution >= 4 is 23.4 Å². The number of ether oxygens (including phenoxy) is 1. The van der Waals surface area contributed by atoms with Crippen LogP contribution >= 0.6 is 11.6 Å². The molecular weight excluding hydrogens is 280 g/mol. The molecule has 2 rings (SSSR count). The van der Waals surface area contributed by atoms with Crippen molar-refractivity contribution in [3.05, 3.63) is 28.8 Å². The Labute approximate surface area is 122 Å². The molecule has 0 saturated carbocycles. The van der Waals surface area contributed by atoms with Gasteiger partial charge in [0, 0.05) is 19.1 Å². The zero-order valence-electron chi connectivity index (χ0n) is 11.5. The quantitative estimate of drug-likeness (QED) is 0.908. The predicted molar refractivity (Wildman–Crippen MR) is 75.8 cm³/mol. The number of nitrogens with one attached hydrogen (secondary N) is 1. The summed E-state index contributed by atoms with van der Waals surface area (Å²) in [5.41, 5.74) is 0.919. The van der Waals surface area contributed by atoms with E-state index in [2.05, 4.69) is 5.32 Å². The molecule has 108 valence electrons. The van der Waals surface area contributed by atoms with E-state index < -0.39 is 0 Å². The highest BCUT2D eigenvalue weighted by Gasteiger charge is 2.26. The second-order valence-electron chi connectivity index (χ2n) is 4.97. The molecule has 1 N–H and O–H groups in total. The molecule has 1 aliphatic heterocycles. The number of fused-ring (bicyclic) bond motifs is 1. The fraction of sp³-hybridized carbons (Fsp3) is 0.429. The molecule has 1 aliphatic rings. The molecule has 0 bridgehead atoms. The summed E-state index contributed by atoms with van der Waals surface area (Å²) >= 11 is 5.94. The summed E-state index contributed by atoms with van der Waals surface area (Å²) in [4.78, 5) is 24.9. The van der Waals surface area contributed by atoms with E-state index in [0.29, 0.717) is 18.1 Å². The van der Waals surface area contributed by atoms with Crippen molar-refractivity contribution in [1.29, 1.82) is 0 Å².